The highest BCUT2D eigenvalue weighted by molar-refractivity contribution is 5.68. The van der Waals surface area contributed by atoms with E-state index in [0.29, 0.717) is 18.2 Å². The molecule has 0 saturated heterocycles. The van der Waals surface area contributed by atoms with Crippen LogP contribution in [0.4, 0.5) is 0 Å². The van der Waals surface area contributed by atoms with Crippen LogP contribution in [-0.4, -0.2) is 25.0 Å². The Morgan fingerprint density at radius 2 is 1.81 bits per heavy atom. The molecule has 26 heavy (non-hydrogen) atoms. The first-order valence-corrected chi connectivity index (χ1v) is 8.80. The van der Waals surface area contributed by atoms with E-state index in [9.17, 15) is 5.11 Å². The zero-order chi connectivity index (χ0) is 17.8. The lowest BCUT2D eigenvalue weighted by Crippen LogP contribution is -2.10. The lowest BCUT2D eigenvalue weighted by atomic mass is 9.90. The summed E-state index contributed by atoms with van der Waals surface area (Å²) >= 11 is 0. The van der Waals surface area contributed by atoms with Gasteiger partial charge in [0, 0.05) is 29.7 Å². The second-order valence-corrected chi connectivity index (χ2v) is 6.33. The van der Waals surface area contributed by atoms with E-state index in [0.717, 1.165) is 41.8 Å². The van der Waals surface area contributed by atoms with Crippen LogP contribution in [0.25, 0.3) is 11.1 Å². The van der Waals surface area contributed by atoms with Gasteiger partial charge in [0.25, 0.3) is 0 Å². The first kappa shape index (κ1) is 16.6. The summed E-state index contributed by atoms with van der Waals surface area (Å²) in [6.45, 7) is 0.230. The minimum Gasteiger partial charge on any atom is -0.471 e. The van der Waals surface area contributed by atoms with Gasteiger partial charge in [-0.3, -0.25) is 4.98 Å². The van der Waals surface area contributed by atoms with Crippen LogP contribution < -0.4 is 4.74 Å². The average Bonchev–Trinajstić information content (AvgIpc) is 2.72. The van der Waals surface area contributed by atoms with Crippen LogP contribution in [0.1, 0.15) is 35.5 Å². The van der Waals surface area contributed by atoms with Crippen molar-refractivity contribution in [2.75, 3.05) is 0 Å². The summed E-state index contributed by atoms with van der Waals surface area (Å²) in [6, 6.07) is 7.50. The molecule has 0 fully saturated rings. The van der Waals surface area contributed by atoms with Crippen LogP contribution in [0.3, 0.4) is 0 Å². The van der Waals surface area contributed by atoms with Crippen molar-refractivity contribution in [3.63, 3.8) is 0 Å². The number of aryl methyl sites for hydroxylation is 1. The zero-order valence-electron chi connectivity index (χ0n) is 14.4. The molecule has 3 aromatic heterocycles. The molecule has 0 bridgehead atoms. The number of nitrogens with zero attached hydrogens (tertiary/aromatic N) is 4. The fourth-order valence-corrected chi connectivity index (χ4v) is 3.29. The molecule has 0 atom stereocenters. The third kappa shape index (κ3) is 3.55. The normalized spacial score (nSPS) is 13.3. The molecule has 1 aliphatic rings. The Labute approximate surface area is 152 Å². The van der Waals surface area contributed by atoms with E-state index < -0.39 is 0 Å². The molecule has 132 valence electrons. The van der Waals surface area contributed by atoms with Gasteiger partial charge < -0.3 is 9.84 Å². The van der Waals surface area contributed by atoms with E-state index in [-0.39, 0.29) is 6.61 Å². The summed E-state index contributed by atoms with van der Waals surface area (Å²) in [6.07, 6.45) is 9.50. The predicted molar refractivity (Wildman–Crippen MR) is 96.4 cm³/mol. The number of aliphatic hydroxyl groups is 1. The van der Waals surface area contributed by atoms with Crippen molar-refractivity contribution in [3.8, 4) is 17.0 Å². The van der Waals surface area contributed by atoms with Gasteiger partial charge in [-0.25, -0.2) is 15.0 Å². The Bertz CT molecular complexity index is 900. The van der Waals surface area contributed by atoms with Crippen LogP contribution in [-0.2, 0) is 26.1 Å². The van der Waals surface area contributed by atoms with Crippen LogP contribution in [0.5, 0.6) is 5.88 Å². The highest BCUT2D eigenvalue weighted by Gasteiger charge is 2.18. The number of fused-ring (bicyclic) bond motifs is 1. The number of aliphatic hydroxyl groups excluding tert-OH is 1. The Balaban J connectivity index is 1.64. The zero-order valence-corrected chi connectivity index (χ0v) is 14.4. The smallest absolute Gasteiger partial charge is 0.214 e. The molecule has 0 aromatic carbocycles. The number of rotatable bonds is 5. The summed E-state index contributed by atoms with van der Waals surface area (Å²) in [5.74, 6) is 0.584. The molecule has 6 nitrogen and oxygen atoms in total. The van der Waals surface area contributed by atoms with Gasteiger partial charge in [-0.1, -0.05) is 6.07 Å². The summed E-state index contributed by atoms with van der Waals surface area (Å²) in [5.41, 5.74) is 5.86. The van der Waals surface area contributed by atoms with Gasteiger partial charge in [-0.2, -0.15) is 0 Å². The van der Waals surface area contributed by atoms with E-state index in [4.69, 9.17) is 9.72 Å². The number of hydrogen-bond acceptors (Lipinski definition) is 6. The third-order valence-corrected chi connectivity index (χ3v) is 4.54. The molecule has 3 heterocycles. The van der Waals surface area contributed by atoms with Gasteiger partial charge in [0.1, 0.15) is 12.9 Å². The molecule has 4 rings (SSSR count). The highest BCUT2D eigenvalue weighted by Crippen LogP contribution is 2.33. The minimum atomic E-state index is -0.0803. The van der Waals surface area contributed by atoms with Crippen molar-refractivity contribution in [3.05, 3.63) is 65.6 Å². The van der Waals surface area contributed by atoms with Gasteiger partial charge in [0.15, 0.2) is 0 Å². The fourth-order valence-electron chi connectivity index (χ4n) is 3.29. The first-order valence-electron chi connectivity index (χ1n) is 8.80. The van der Waals surface area contributed by atoms with Crippen molar-refractivity contribution >= 4 is 0 Å². The summed E-state index contributed by atoms with van der Waals surface area (Å²) in [5, 5.41) is 9.21. The molecule has 0 spiro atoms. The Kier molecular flexibility index (Phi) is 4.84. The Morgan fingerprint density at radius 1 is 1.00 bits per heavy atom. The molecule has 1 aliphatic carbocycles. The second kappa shape index (κ2) is 7.58. The highest BCUT2D eigenvalue weighted by atomic mass is 16.5. The lowest BCUT2D eigenvalue weighted by Gasteiger charge is -2.20. The second-order valence-electron chi connectivity index (χ2n) is 6.33. The molecule has 6 heteroatoms. The number of aromatic nitrogens is 4. The quantitative estimate of drug-likeness (QED) is 0.763. The summed E-state index contributed by atoms with van der Waals surface area (Å²) in [7, 11) is 0. The molecular formula is C20H20N4O2. The van der Waals surface area contributed by atoms with E-state index in [1.807, 2.05) is 30.6 Å². The first-order chi connectivity index (χ1) is 12.8. The van der Waals surface area contributed by atoms with E-state index in [1.165, 1.54) is 18.3 Å². The van der Waals surface area contributed by atoms with Crippen molar-refractivity contribution in [2.24, 2.45) is 0 Å². The largest absolute Gasteiger partial charge is 0.471 e. The molecule has 0 amide bonds. The predicted octanol–water partition coefficient (Wildman–Crippen LogP) is 2.88. The van der Waals surface area contributed by atoms with Gasteiger partial charge in [-0.05, 0) is 48.9 Å². The molecule has 0 aliphatic heterocycles. The summed E-state index contributed by atoms with van der Waals surface area (Å²) in [4.78, 5) is 17.4. The van der Waals surface area contributed by atoms with Gasteiger partial charge in [-0.15, -0.1) is 0 Å². The van der Waals surface area contributed by atoms with Gasteiger partial charge >= 0.3 is 0 Å². The van der Waals surface area contributed by atoms with Crippen LogP contribution in [0.15, 0.2) is 43.0 Å². The maximum atomic E-state index is 9.21. The van der Waals surface area contributed by atoms with Crippen molar-refractivity contribution in [1.29, 1.82) is 0 Å². The number of ether oxygens (including phenoxy) is 1. The van der Waals surface area contributed by atoms with Gasteiger partial charge in [0.2, 0.25) is 5.88 Å². The topological polar surface area (TPSA) is 81.0 Å². The molecule has 0 radical (unpaired) electrons. The molecular weight excluding hydrogens is 328 g/mol. The maximum Gasteiger partial charge on any atom is 0.214 e. The number of hydrogen-bond donors (Lipinski definition) is 1. The fraction of sp³-hybridized carbons (Fsp3) is 0.300. The summed E-state index contributed by atoms with van der Waals surface area (Å²) < 4.78 is 5.92. The van der Waals surface area contributed by atoms with Gasteiger partial charge in [0.05, 0.1) is 18.0 Å². The van der Waals surface area contributed by atoms with E-state index in [2.05, 4.69) is 15.0 Å². The van der Waals surface area contributed by atoms with Crippen molar-refractivity contribution < 1.29 is 9.84 Å². The minimum absolute atomic E-state index is 0.0803. The average molecular weight is 348 g/mol. The Hall–Kier alpha value is -2.86. The van der Waals surface area contributed by atoms with Crippen LogP contribution >= 0.6 is 0 Å². The SMILES string of the molecule is OCc1cccc(COc2cc(-c3cncnc3)c3c(n2)CCCC3)n1. The van der Waals surface area contributed by atoms with Crippen LogP contribution in [0, 0.1) is 0 Å². The van der Waals surface area contributed by atoms with E-state index in [1.54, 1.807) is 6.07 Å². The maximum absolute atomic E-state index is 9.21. The Morgan fingerprint density at radius 3 is 2.65 bits per heavy atom. The molecule has 0 saturated carbocycles. The number of pyridine rings is 2. The molecule has 1 N–H and O–H groups in total. The van der Waals surface area contributed by atoms with E-state index >= 15 is 0 Å². The third-order valence-electron chi connectivity index (χ3n) is 4.54. The standard InChI is InChI=1S/C20H20N4O2/c25-11-15-4-3-5-16(23-15)12-26-20-8-18(14-9-21-13-22-10-14)17-6-1-2-7-19(17)24-20/h3-5,8-10,13,25H,1-2,6-7,11-12H2. The van der Waals surface area contributed by atoms with Crippen LogP contribution in [0.2, 0.25) is 0 Å². The van der Waals surface area contributed by atoms with Crippen molar-refractivity contribution in [1.82, 2.24) is 19.9 Å². The lowest BCUT2D eigenvalue weighted by molar-refractivity contribution is 0.270. The molecule has 0 unspecified atom stereocenters. The monoisotopic (exact) mass is 348 g/mol. The van der Waals surface area contributed by atoms with Crippen molar-refractivity contribution in [2.45, 2.75) is 38.9 Å². The molecule has 3 aromatic rings.